The SMILES string of the molecule is CCC1CN(C(=O)c2ccccc2C(F)(F)F)CCC1N. The maximum absolute atomic E-state index is 13.0. The number of carbonyl (C=O) groups is 1. The van der Waals surface area contributed by atoms with Crippen molar-refractivity contribution in [2.45, 2.75) is 32.0 Å². The number of likely N-dealkylation sites (tertiary alicyclic amines) is 1. The molecule has 1 amide bonds. The summed E-state index contributed by atoms with van der Waals surface area (Å²) in [6.07, 6.45) is -3.09. The summed E-state index contributed by atoms with van der Waals surface area (Å²) in [6.45, 7) is 2.80. The van der Waals surface area contributed by atoms with E-state index in [-0.39, 0.29) is 17.5 Å². The van der Waals surface area contributed by atoms with Gasteiger partial charge in [0.2, 0.25) is 0 Å². The van der Waals surface area contributed by atoms with Crippen LogP contribution >= 0.6 is 0 Å². The van der Waals surface area contributed by atoms with Crippen molar-refractivity contribution in [1.82, 2.24) is 4.90 Å². The Morgan fingerprint density at radius 3 is 2.67 bits per heavy atom. The average molecular weight is 300 g/mol. The summed E-state index contributed by atoms with van der Waals surface area (Å²) in [5, 5.41) is 0. The lowest BCUT2D eigenvalue weighted by Crippen LogP contribution is -2.49. The molecule has 0 radical (unpaired) electrons. The lowest BCUT2D eigenvalue weighted by molar-refractivity contribution is -0.138. The molecule has 21 heavy (non-hydrogen) atoms. The van der Waals surface area contributed by atoms with Crippen molar-refractivity contribution in [3.05, 3.63) is 35.4 Å². The number of hydrogen-bond acceptors (Lipinski definition) is 2. The highest BCUT2D eigenvalue weighted by molar-refractivity contribution is 5.96. The molecular formula is C15H19F3N2O. The van der Waals surface area contributed by atoms with Gasteiger partial charge in [-0.05, 0) is 24.5 Å². The van der Waals surface area contributed by atoms with E-state index in [1.807, 2.05) is 6.92 Å². The molecular weight excluding hydrogens is 281 g/mol. The van der Waals surface area contributed by atoms with Crippen LogP contribution in [0.5, 0.6) is 0 Å². The predicted molar refractivity (Wildman–Crippen MR) is 73.7 cm³/mol. The molecule has 0 spiro atoms. The molecule has 1 aromatic rings. The highest BCUT2D eigenvalue weighted by Crippen LogP contribution is 2.33. The Morgan fingerprint density at radius 2 is 2.05 bits per heavy atom. The van der Waals surface area contributed by atoms with Crippen LogP contribution in [0, 0.1) is 5.92 Å². The molecule has 1 aromatic carbocycles. The number of hydrogen-bond donors (Lipinski definition) is 1. The third-order valence-corrected chi connectivity index (χ3v) is 4.07. The van der Waals surface area contributed by atoms with Crippen LogP contribution in [-0.2, 0) is 6.18 Å². The fourth-order valence-electron chi connectivity index (χ4n) is 2.75. The van der Waals surface area contributed by atoms with Gasteiger partial charge in [-0.25, -0.2) is 0 Å². The molecule has 2 N–H and O–H groups in total. The van der Waals surface area contributed by atoms with Crippen LogP contribution in [0.15, 0.2) is 24.3 Å². The Labute approximate surface area is 121 Å². The summed E-state index contributed by atoms with van der Waals surface area (Å²) >= 11 is 0. The van der Waals surface area contributed by atoms with E-state index in [0.717, 1.165) is 12.5 Å². The Balaban J connectivity index is 2.25. The van der Waals surface area contributed by atoms with Crippen LogP contribution in [0.3, 0.4) is 0 Å². The van der Waals surface area contributed by atoms with Gasteiger partial charge < -0.3 is 10.6 Å². The highest BCUT2D eigenvalue weighted by Gasteiger charge is 2.37. The average Bonchev–Trinajstić information content (AvgIpc) is 2.46. The Kier molecular flexibility index (Phi) is 4.56. The molecule has 1 heterocycles. The highest BCUT2D eigenvalue weighted by atomic mass is 19.4. The standard InChI is InChI=1S/C15H19F3N2O/c1-2-10-9-20(8-7-13(10)19)14(21)11-5-3-4-6-12(11)15(16,17)18/h3-6,10,13H,2,7-9,19H2,1H3. The molecule has 0 aliphatic carbocycles. The van der Waals surface area contributed by atoms with Gasteiger partial charge in [-0.15, -0.1) is 0 Å². The van der Waals surface area contributed by atoms with E-state index in [2.05, 4.69) is 0 Å². The number of carbonyl (C=O) groups excluding carboxylic acids is 1. The van der Waals surface area contributed by atoms with Gasteiger partial charge in [0.15, 0.2) is 0 Å². The summed E-state index contributed by atoms with van der Waals surface area (Å²) < 4.78 is 39.0. The van der Waals surface area contributed by atoms with Gasteiger partial charge in [0.05, 0.1) is 11.1 Å². The van der Waals surface area contributed by atoms with Crippen molar-refractivity contribution < 1.29 is 18.0 Å². The fourth-order valence-corrected chi connectivity index (χ4v) is 2.75. The zero-order valence-electron chi connectivity index (χ0n) is 11.9. The van der Waals surface area contributed by atoms with Gasteiger partial charge in [-0.1, -0.05) is 25.5 Å². The summed E-state index contributed by atoms with van der Waals surface area (Å²) in [5.41, 5.74) is 4.81. The first-order valence-corrected chi connectivity index (χ1v) is 7.05. The maximum atomic E-state index is 13.0. The third kappa shape index (κ3) is 3.37. The molecule has 1 aliphatic rings. The minimum Gasteiger partial charge on any atom is -0.338 e. The van der Waals surface area contributed by atoms with Crippen molar-refractivity contribution in [3.63, 3.8) is 0 Å². The topological polar surface area (TPSA) is 46.3 Å². The van der Waals surface area contributed by atoms with E-state index in [9.17, 15) is 18.0 Å². The maximum Gasteiger partial charge on any atom is 0.417 e. The van der Waals surface area contributed by atoms with Gasteiger partial charge in [0.1, 0.15) is 0 Å². The van der Waals surface area contributed by atoms with E-state index in [0.29, 0.717) is 19.5 Å². The zero-order valence-corrected chi connectivity index (χ0v) is 11.9. The number of alkyl halides is 3. The molecule has 3 nitrogen and oxygen atoms in total. The van der Waals surface area contributed by atoms with E-state index in [4.69, 9.17) is 5.73 Å². The first-order valence-electron chi connectivity index (χ1n) is 7.05. The number of benzene rings is 1. The van der Waals surface area contributed by atoms with Crippen LogP contribution in [-0.4, -0.2) is 29.9 Å². The van der Waals surface area contributed by atoms with Gasteiger partial charge in [-0.3, -0.25) is 4.79 Å². The zero-order chi connectivity index (χ0) is 15.6. The molecule has 1 aliphatic heterocycles. The summed E-state index contributed by atoms with van der Waals surface area (Å²) in [6, 6.07) is 4.94. The lowest BCUT2D eigenvalue weighted by Gasteiger charge is -2.36. The summed E-state index contributed by atoms with van der Waals surface area (Å²) in [5.74, 6) is -0.422. The minimum absolute atomic E-state index is 0.0110. The number of nitrogens with two attached hydrogens (primary N) is 1. The van der Waals surface area contributed by atoms with E-state index >= 15 is 0 Å². The molecule has 0 saturated carbocycles. The Hall–Kier alpha value is -1.56. The second-order valence-corrected chi connectivity index (χ2v) is 5.42. The largest absolute Gasteiger partial charge is 0.417 e. The van der Waals surface area contributed by atoms with Crippen LogP contribution in [0.1, 0.15) is 35.7 Å². The van der Waals surface area contributed by atoms with Crippen LogP contribution in [0.25, 0.3) is 0 Å². The van der Waals surface area contributed by atoms with Crippen molar-refractivity contribution in [2.75, 3.05) is 13.1 Å². The number of halogens is 3. The molecule has 116 valence electrons. The first kappa shape index (κ1) is 15.8. The minimum atomic E-state index is -4.53. The van der Waals surface area contributed by atoms with Gasteiger partial charge in [0, 0.05) is 19.1 Å². The van der Waals surface area contributed by atoms with Crippen molar-refractivity contribution >= 4 is 5.91 Å². The third-order valence-electron chi connectivity index (χ3n) is 4.07. The molecule has 1 fully saturated rings. The molecule has 0 bridgehead atoms. The molecule has 2 unspecified atom stereocenters. The van der Waals surface area contributed by atoms with Crippen LogP contribution in [0.4, 0.5) is 13.2 Å². The number of piperidine rings is 1. The smallest absolute Gasteiger partial charge is 0.338 e. The Bertz CT molecular complexity index is 516. The molecule has 2 rings (SSSR count). The van der Waals surface area contributed by atoms with E-state index < -0.39 is 17.6 Å². The second-order valence-electron chi connectivity index (χ2n) is 5.42. The van der Waals surface area contributed by atoms with Gasteiger partial charge in [-0.2, -0.15) is 13.2 Å². The molecule has 6 heteroatoms. The lowest BCUT2D eigenvalue weighted by atomic mass is 9.90. The number of amides is 1. The molecule has 1 saturated heterocycles. The van der Waals surface area contributed by atoms with Crippen molar-refractivity contribution in [3.8, 4) is 0 Å². The van der Waals surface area contributed by atoms with Gasteiger partial charge in [0.25, 0.3) is 5.91 Å². The summed E-state index contributed by atoms with van der Waals surface area (Å²) in [4.78, 5) is 13.9. The van der Waals surface area contributed by atoms with E-state index in [1.54, 1.807) is 0 Å². The van der Waals surface area contributed by atoms with Crippen LogP contribution in [0.2, 0.25) is 0 Å². The number of rotatable bonds is 2. The van der Waals surface area contributed by atoms with Gasteiger partial charge >= 0.3 is 6.18 Å². The number of nitrogens with zero attached hydrogens (tertiary/aromatic N) is 1. The Morgan fingerprint density at radius 1 is 1.38 bits per heavy atom. The second kappa shape index (κ2) is 6.05. The normalized spacial score (nSPS) is 23.2. The van der Waals surface area contributed by atoms with Crippen molar-refractivity contribution in [2.24, 2.45) is 11.7 Å². The monoisotopic (exact) mass is 300 g/mol. The van der Waals surface area contributed by atoms with Crippen molar-refractivity contribution in [1.29, 1.82) is 0 Å². The van der Waals surface area contributed by atoms with E-state index in [1.165, 1.54) is 23.1 Å². The summed E-state index contributed by atoms with van der Waals surface area (Å²) in [7, 11) is 0. The van der Waals surface area contributed by atoms with Crippen LogP contribution < -0.4 is 5.73 Å². The predicted octanol–water partition coefficient (Wildman–Crippen LogP) is 2.90. The first-order chi connectivity index (χ1) is 9.84. The quantitative estimate of drug-likeness (QED) is 0.913. The molecule has 2 atom stereocenters. The fraction of sp³-hybridized carbons (Fsp3) is 0.533. The molecule has 0 aromatic heterocycles.